The highest BCUT2D eigenvalue weighted by molar-refractivity contribution is 9.10. The van der Waals surface area contributed by atoms with Gasteiger partial charge in [0.05, 0.1) is 19.7 Å². The Morgan fingerprint density at radius 3 is 2.69 bits per heavy atom. The number of nitrogens with one attached hydrogen (secondary N) is 1. The molecule has 0 aliphatic rings. The summed E-state index contributed by atoms with van der Waals surface area (Å²) >= 11 is 3.34. The molecule has 0 atom stereocenters. The molecule has 0 aliphatic carbocycles. The van der Waals surface area contributed by atoms with Crippen molar-refractivity contribution in [3.63, 3.8) is 0 Å². The van der Waals surface area contributed by atoms with Crippen LogP contribution in [0.2, 0.25) is 0 Å². The highest BCUT2D eigenvalue weighted by Gasteiger charge is 2.16. The Bertz CT molecular complexity index is 1290. The number of ether oxygens (including phenoxy) is 3. The normalized spacial score (nSPS) is 11.0. The lowest BCUT2D eigenvalue weighted by Gasteiger charge is -2.07. The molecule has 4 rings (SSSR count). The third-order valence-corrected chi connectivity index (χ3v) is 4.99. The standard InChI is InChI=1S/C21H16BrNO6/c1-26-14-5-11-6-16(23-20(11)18(9-14)27-2)21(25)28-10-12-7-19(24)29-17-8-13(22)3-4-15(12)17/h3-9,23H,10H2,1-2H3. The van der Waals surface area contributed by atoms with E-state index in [0.717, 1.165) is 9.86 Å². The number of carbonyl (C=O) groups is 1. The first kappa shape index (κ1) is 19.1. The fraction of sp³-hybridized carbons (Fsp3) is 0.143. The van der Waals surface area contributed by atoms with Crippen molar-refractivity contribution in [2.24, 2.45) is 0 Å². The van der Waals surface area contributed by atoms with Crippen LogP contribution in [-0.2, 0) is 11.3 Å². The molecular formula is C21H16BrNO6. The Labute approximate surface area is 173 Å². The van der Waals surface area contributed by atoms with Crippen LogP contribution in [0.3, 0.4) is 0 Å². The van der Waals surface area contributed by atoms with Gasteiger partial charge in [-0.15, -0.1) is 0 Å². The predicted octanol–water partition coefficient (Wildman–Crippen LogP) is 4.41. The highest BCUT2D eigenvalue weighted by atomic mass is 79.9. The molecule has 2 heterocycles. The van der Waals surface area contributed by atoms with Crippen molar-refractivity contribution in [3.05, 3.63) is 68.6 Å². The molecule has 2 aromatic heterocycles. The Balaban J connectivity index is 1.62. The molecule has 7 nitrogen and oxygen atoms in total. The number of aromatic amines is 1. The number of rotatable bonds is 5. The summed E-state index contributed by atoms with van der Waals surface area (Å²) in [6.45, 7) is -0.0710. The molecule has 0 radical (unpaired) electrons. The smallest absolute Gasteiger partial charge is 0.355 e. The number of fused-ring (bicyclic) bond motifs is 2. The van der Waals surface area contributed by atoms with E-state index in [1.165, 1.54) is 13.2 Å². The van der Waals surface area contributed by atoms with Gasteiger partial charge in [0.1, 0.15) is 29.4 Å². The molecular weight excluding hydrogens is 442 g/mol. The van der Waals surface area contributed by atoms with Crippen LogP contribution in [0.15, 0.2) is 56.1 Å². The number of benzene rings is 2. The first-order valence-corrected chi connectivity index (χ1v) is 9.42. The fourth-order valence-electron chi connectivity index (χ4n) is 3.12. The molecule has 0 aliphatic heterocycles. The summed E-state index contributed by atoms with van der Waals surface area (Å²) in [5.41, 5.74) is 1.40. The summed E-state index contributed by atoms with van der Waals surface area (Å²) in [5.74, 6) is 0.610. The van der Waals surface area contributed by atoms with Crippen molar-refractivity contribution in [2.45, 2.75) is 6.61 Å². The van der Waals surface area contributed by atoms with Crippen LogP contribution in [0.4, 0.5) is 0 Å². The second kappa shape index (κ2) is 7.63. The molecule has 1 N–H and O–H groups in total. The molecule has 0 spiro atoms. The van der Waals surface area contributed by atoms with Crippen molar-refractivity contribution in [1.29, 1.82) is 0 Å². The predicted molar refractivity (Wildman–Crippen MR) is 111 cm³/mol. The summed E-state index contributed by atoms with van der Waals surface area (Å²) < 4.78 is 22.0. The van der Waals surface area contributed by atoms with Crippen LogP contribution in [0, 0.1) is 0 Å². The number of aromatic nitrogens is 1. The van der Waals surface area contributed by atoms with E-state index in [9.17, 15) is 9.59 Å². The van der Waals surface area contributed by atoms with Gasteiger partial charge in [-0.1, -0.05) is 15.9 Å². The van der Waals surface area contributed by atoms with Crippen LogP contribution in [0.5, 0.6) is 11.5 Å². The molecule has 4 aromatic rings. The average Bonchev–Trinajstić information content (AvgIpc) is 3.14. The van der Waals surface area contributed by atoms with Gasteiger partial charge < -0.3 is 23.6 Å². The number of H-pyrrole nitrogens is 1. The highest BCUT2D eigenvalue weighted by Crippen LogP contribution is 2.31. The zero-order chi connectivity index (χ0) is 20.5. The maximum absolute atomic E-state index is 12.6. The second-order valence-electron chi connectivity index (χ2n) is 6.28. The quantitative estimate of drug-likeness (QED) is 0.352. The second-order valence-corrected chi connectivity index (χ2v) is 7.20. The van der Waals surface area contributed by atoms with Crippen LogP contribution in [0.1, 0.15) is 16.1 Å². The molecule has 0 saturated carbocycles. The molecule has 0 amide bonds. The third-order valence-electron chi connectivity index (χ3n) is 4.49. The topological polar surface area (TPSA) is 90.8 Å². The summed E-state index contributed by atoms with van der Waals surface area (Å²) in [7, 11) is 3.10. The third kappa shape index (κ3) is 3.71. The lowest BCUT2D eigenvalue weighted by atomic mass is 10.1. The van der Waals surface area contributed by atoms with Gasteiger partial charge in [0.25, 0.3) is 0 Å². The largest absolute Gasteiger partial charge is 0.497 e. The van der Waals surface area contributed by atoms with E-state index < -0.39 is 11.6 Å². The summed E-state index contributed by atoms with van der Waals surface area (Å²) in [4.78, 5) is 27.4. The minimum absolute atomic E-state index is 0.0710. The average molecular weight is 458 g/mol. The Morgan fingerprint density at radius 1 is 1.10 bits per heavy atom. The van der Waals surface area contributed by atoms with Gasteiger partial charge in [0.2, 0.25) is 0 Å². The van der Waals surface area contributed by atoms with Crippen LogP contribution < -0.4 is 15.1 Å². The molecule has 29 heavy (non-hydrogen) atoms. The fourth-order valence-corrected chi connectivity index (χ4v) is 3.46. The minimum atomic E-state index is -0.555. The Hall–Kier alpha value is -3.26. The van der Waals surface area contributed by atoms with Gasteiger partial charge in [-0.2, -0.15) is 0 Å². The van der Waals surface area contributed by atoms with Crippen molar-refractivity contribution >= 4 is 43.8 Å². The SMILES string of the molecule is COc1cc(OC)c2[nH]c(C(=O)OCc3cc(=O)oc4cc(Br)ccc34)cc2c1. The molecule has 0 bridgehead atoms. The van der Waals surface area contributed by atoms with Gasteiger partial charge >= 0.3 is 11.6 Å². The van der Waals surface area contributed by atoms with Gasteiger partial charge in [0.15, 0.2) is 0 Å². The van der Waals surface area contributed by atoms with Gasteiger partial charge in [-0.05, 0) is 30.3 Å². The summed E-state index contributed by atoms with van der Waals surface area (Å²) in [6, 6.07) is 11.8. The van der Waals surface area contributed by atoms with E-state index >= 15 is 0 Å². The Morgan fingerprint density at radius 2 is 1.93 bits per heavy atom. The minimum Gasteiger partial charge on any atom is -0.497 e. The maximum Gasteiger partial charge on any atom is 0.355 e. The number of halogens is 1. The number of esters is 1. The first-order valence-electron chi connectivity index (χ1n) is 8.62. The zero-order valence-corrected chi connectivity index (χ0v) is 17.2. The van der Waals surface area contributed by atoms with E-state index in [-0.39, 0.29) is 12.3 Å². The number of carbonyl (C=O) groups excluding carboxylic acids is 1. The molecule has 2 aromatic carbocycles. The number of hydrogen-bond acceptors (Lipinski definition) is 6. The lowest BCUT2D eigenvalue weighted by Crippen LogP contribution is -2.08. The van der Waals surface area contributed by atoms with Gasteiger partial charge in [-0.3, -0.25) is 0 Å². The zero-order valence-electron chi connectivity index (χ0n) is 15.6. The van der Waals surface area contributed by atoms with E-state index in [0.29, 0.717) is 33.5 Å². The van der Waals surface area contributed by atoms with Crippen molar-refractivity contribution in [3.8, 4) is 11.5 Å². The molecule has 0 saturated heterocycles. The number of hydrogen-bond donors (Lipinski definition) is 1. The summed E-state index contributed by atoms with van der Waals surface area (Å²) in [6.07, 6.45) is 0. The maximum atomic E-state index is 12.6. The number of methoxy groups -OCH3 is 2. The molecule has 0 unspecified atom stereocenters. The van der Waals surface area contributed by atoms with Crippen molar-refractivity contribution < 1.29 is 23.4 Å². The molecule has 8 heteroatoms. The first-order chi connectivity index (χ1) is 14.0. The van der Waals surface area contributed by atoms with Gasteiger partial charge in [0, 0.05) is 32.9 Å². The van der Waals surface area contributed by atoms with Crippen molar-refractivity contribution in [2.75, 3.05) is 14.2 Å². The van der Waals surface area contributed by atoms with Crippen molar-refractivity contribution in [1.82, 2.24) is 4.98 Å². The van der Waals surface area contributed by atoms with E-state index in [4.69, 9.17) is 18.6 Å². The van der Waals surface area contributed by atoms with E-state index in [1.807, 2.05) is 6.07 Å². The van der Waals surface area contributed by atoms with Crippen LogP contribution in [-0.4, -0.2) is 25.2 Å². The molecule has 0 fully saturated rings. The Kier molecular flexibility index (Phi) is 5.02. The van der Waals surface area contributed by atoms with E-state index in [1.54, 1.807) is 37.4 Å². The van der Waals surface area contributed by atoms with E-state index in [2.05, 4.69) is 20.9 Å². The summed E-state index contributed by atoms with van der Waals surface area (Å²) in [5, 5.41) is 1.45. The van der Waals surface area contributed by atoms with Crippen LogP contribution in [0.25, 0.3) is 21.9 Å². The van der Waals surface area contributed by atoms with Gasteiger partial charge in [-0.25, -0.2) is 9.59 Å². The molecule has 148 valence electrons. The van der Waals surface area contributed by atoms with Crippen LogP contribution >= 0.6 is 15.9 Å². The lowest BCUT2D eigenvalue weighted by molar-refractivity contribution is 0.0468. The monoisotopic (exact) mass is 457 g/mol.